The molecule has 0 radical (unpaired) electrons. The Morgan fingerprint density at radius 3 is 1.39 bits per heavy atom. The second-order valence-electron chi connectivity index (χ2n) is 30.7. The number of amides is 4. The van der Waals surface area contributed by atoms with Crippen LogP contribution in [0.1, 0.15) is 214 Å². The molecular formula is C76H134N4O34. The van der Waals surface area contributed by atoms with Crippen molar-refractivity contribution in [2.45, 2.75) is 391 Å². The fourth-order valence-electron chi connectivity index (χ4n) is 15.1. The van der Waals surface area contributed by atoms with Gasteiger partial charge in [-0.1, -0.05) is 167 Å². The van der Waals surface area contributed by atoms with Crippen LogP contribution in [0.4, 0.5) is 0 Å². The number of nitrogens with one attached hydrogen (secondary N) is 4. The van der Waals surface area contributed by atoms with Crippen molar-refractivity contribution in [1.29, 1.82) is 0 Å². The van der Waals surface area contributed by atoms with Gasteiger partial charge in [-0.15, -0.1) is 0 Å². The Hall–Kier alpha value is -4.48. The van der Waals surface area contributed by atoms with Gasteiger partial charge in [0.2, 0.25) is 23.6 Å². The SMILES string of the molecule is CCCCCCCCCCCCC/C=C/[C@@H](O)[C@H](CO[C@@H]1O[C@H](CO)[C@@H](O[C@@H]2O[C@H](CO)[C@H](O[C@@H]3O[C@H](CO)[C@H](O)[C@H](O)[C@H]3NC(C)=O)[C@H](O[C@]3(C(=O)O)C[C@H](O)[C@@H](NC(C)=O)C([C@H](O)[C@@H](CO)O[C@]4(C(=O)O)C[C@H](O)[C@@H](NC(C)=O)C([C@H](O)[C@H](O)CO)O4)O3)[C@H]2O)[C@H](O)[C@H]1O)NC(=O)CCCCCCCCCCCCCCC. The molecule has 38 heteroatoms. The van der Waals surface area contributed by atoms with Gasteiger partial charge >= 0.3 is 11.9 Å². The van der Waals surface area contributed by atoms with Crippen LogP contribution in [-0.4, -0.2) is 344 Å². The highest BCUT2D eigenvalue weighted by Gasteiger charge is 2.64. The number of aliphatic hydroxyl groups excluding tert-OH is 16. The molecule has 0 aromatic carbocycles. The molecule has 38 nitrogen and oxygen atoms in total. The number of hydrogen-bond donors (Lipinski definition) is 22. The molecule has 5 aliphatic heterocycles. The Morgan fingerprint density at radius 2 is 0.912 bits per heavy atom. The van der Waals surface area contributed by atoms with Gasteiger partial charge in [0.25, 0.3) is 11.6 Å². The maximum absolute atomic E-state index is 14.2. The van der Waals surface area contributed by atoms with Crippen molar-refractivity contribution < 1.29 is 168 Å². The highest BCUT2D eigenvalue weighted by atomic mass is 16.8. The number of allylic oxidation sites excluding steroid dienone is 1. The first kappa shape index (κ1) is 100. The van der Waals surface area contributed by atoms with E-state index in [1.165, 1.54) is 89.5 Å². The summed E-state index contributed by atoms with van der Waals surface area (Å²) in [6, 6.07) is -6.82. The number of ether oxygens (including phenoxy) is 10. The molecule has 29 atom stereocenters. The first-order valence-corrected chi connectivity index (χ1v) is 40.7. The standard InChI is InChI=1S/C76H134N4O34/c1-6-8-10-12-14-16-18-20-22-24-26-28-30-32-46(89)45(80-54(93)33-31-29-27-25-23-21-19-17-15-13-11-9-7-2)41-105-71-63(99)62(98)65(52(39-84)107-71)109-72-64(100)69(66(53(40-85)108-72)110-70-57(79-44(5)88)61(97)59(95)50(37-82)106-70)114-76(74(103)104)35-48(91)56(78-43(4)87)68(113-76)60(96)51(38-83)111-75(73(101)102)34-47(90)55(77-42(3)86)67(112-75)58(94)49(92)36-81/h30,32,45-53,55-72,81-85,89-92,94-100H,6-29,31,33-41H2,1-5H3,(H,77,86)(H,78,87)(H,79,88)(H,80,93)(H,101,102)(H,103,104)/b32-30+/t45-,46+,47-,48-,49+,50+,51+,52+,53+,55+,56+,57+,58+,59-,60+,61+,62+,63+,64+,65+,66-,67?,68?,69+,70-,71+,72-,75+,76-/m0/s1. The number of aliphatic carboxylic acids is 2. The Labute approximate surface area is 665 Å². The summed E-state index contributed by atoms with van der Waals surface area (Å²) in [5.41, 5.74) is 0. The van der Waals surface area contributed by atoms with Crippen LogP contribution in [0, 0.1) is 0 Å². The summed E-state index contributed by atoms with van der Waals surface area (Å²) in [4.78, 5) is 79.0. The number of carboxylic acids is 2. The van der Waals surface area contributed by atoms with Gasteiger partial charge in [-0.2, -0.15) is 0 Å². The first-order chi connectivity index (χ1) is 54.3. The number of carbonyl (C=O) groups excluding carboxylic acids is 4. The highest BCUT2D eigenvalue weighted by Crippen LogP contribution is 2.42. The third-order valence-corrected chi connectivity index (χ3v) is 21.5. The van der Waals surface area contributed by atoms with Crippen molar-refractivity contribution >= 4 is 35.6 Å². The number of carbonyl (C=O) groups is 6. The van der Waals surface area contributed by atoms with Crippen LogP contribution in [0.25, 0.3) is 0 Å². The van der Waals surface area contributed by atoms with Gasteiger partial charge in [0.05, 0.1) is 76.1 Å². The normalized spacial score (nSPS) is 33.7. The summed E-state index contributed by atoms with van der Waals surface area (Å²) in [5.74, 6) is -14.6. The Kier molecular flexibility index (Phi) is 45.0. The smallest absolute Gasteiger partial charge is 0.364 e. The van der Waals surface area contributed by atoms with E-state index in [9.17, 15) is 121 Å². The van der Waals surface area contributed by atoms with Gasteiger partial charge in [0.1, 0.15) is 110 Å². The Morgan fingerprint density at radius 1 is 0.474 bits per heavy atom. The molecule has 0 bridgehead atoms. The van der Waals surface area contributed by atoms with Crippen LogP contribution in [0.3, 0.4) is 0 Å². The molecule has 0 saturated carbocycles. The number of carboxylic acid groups (broad SMARTS) is 2. The first-order valence-electron chi connectivity index (χ1n) is 40.7. The minimum atomic E-state index is -3.59. The number of rotatable bonds is 54. The topological polar surface area (TPSA) is 607 Å². The molecule has 0 spiro atoms. The number of hydrogen-bond acceptors (Lipinski definition) is 32. The van der Waals surface area contributed by atoms with Crippen LogP contribution < -0.4 is 21.3 Å². The van der Waals surface area contributed by atoms with Gasteiger partial charge in [0.15, 0.2) is 18.9 Å². The zero-order valence-electron chi connectivity index (χ0n) is 66.4. The average Bonchev–Trinajstić information content (AvgIpc) is 0.722. The molecule has 5 saturated heterocycles. The lowest BCUT2D eigenvalue weighted by atomic mass is 9.87. The van der Waals surface area contributed by atoms with E-state index in [0.717, 1.165) is 85.0 Å². The molecule has 662 valence electrons. The van der Waals surface area contributed by atoms with Gasteiger partial charge < -0.3 is 161 Å². The van der Waals surface area contributed by atoms with Crippen LogP contribution >= 0.6 is 0 Å². The predicted octanol–water partition coefficient (Wildman–Crippen LogP) is -2.47. The van der Waals surface area contributed by atoms with Gasteiger partial charge in [-0.3, -0.25) is 19.2 Å². The third-order valence-electron chi connectivity index (χ3n) is 21.5. The summed E-state index contributed by atoms with van der Waals surface area (Å²) >= 11 is 0. The summed E-state index contributed by atoms with van der Waals surface area (Å²) in [6.45, 7) is 0.498. The van der Waals surface area contributed by atoms with Gasteiger partial charge in [-0.05, 0) is 19.3 Å². The largest absolute Gasteiger partial charge is 0.477 e. The lowest BCUT2D eigenvalue weighted by Crippen LogP contribution is -2.72. The zero-order valence-corrected chi connectivity index (χ0v) is 66.4. The average molecular weight is 1650 g/mol. The molecule has 5 rings (SSSR count). The molecule has 0 aromatic heterocycles. The summed E-state index contributed by atoms with van der Waals surface area (Å²) < 4.78 is 59.8. The van der Waals surface area contributed by atoms with Crippen molar-refractivity contribution in [3.63, 3.8) is 0 Å². The van der Waals surface area contributed by atoms with Crippen molar-refractivity contribution in [3.05, 3.63) is 12.2 Å². The van der Waals surface area contributed by atoms with E-state index in [0.29, 0.717) is 12.8 Å². The minimum Gasteiger partial charge on any atom is -0.477 e. The van der Waals surface area contributed by atoms with E-state index in [2.05, 4.69) is 35.1 Å². The van der Waals surface area contributed by atoms with E-state index < -0.39 is 265 Å². The maximum atomic E-state index is 14.2. The van der Waals surface area contributed by atoms with Crippen LogP contribution in [0.5, 0.6) is 0 Å². The fourth-order valence-corrected chi connectivity index (χ4v) is 15.1. The molecule has 0 aromatic rings. The van der Waals surface area contributed by atoms with Crippen molar-refractivity contribution in [2.75, 3.05) is 39.6 Å². The molecule has 22 N–H and O–H groups in total. The quantitative estimate of drug-likeness (QED) is 0.0222. The van der Waals surface area contributed by atoms with E-state index >= 15 is 0 Å². The molecule has 4 amide bonds. The number of aliphatic hydroxyl groups is 16. The highest BCUT2D eigenvalue weighted by molar-refractivity contribution is 5.78. The predicted molar refractivity (Wildman–Crippen MR) is 398 cm³/mol. The zero-order chi connectivity index (χ0) is 84.4. The summed E-state index contributed by atoms with van der Waals surface area (Å²) in [5, 5.41) is 213. The van der Waals surface area contributed by atoms with Gasteiger partial charge in [0, 0.05) is 40.0 Å². The summed E-state index contributed by atoms with van der Waals surface area (Å²) in [6.07, 6.45) is -22.1. The van der Waals surface area contributed by atoms with Crippen LogP contribution in [0.2, 0.25) is 0 Å². The van der Waals surface area contributed by atoms with Gasteiger partial charge in [-0.25, -0.2) is 9.59 Å². The van der Waals surface area contributed by atoms with E-state index in [-0.39, 0.29) is 6.42 Å². The molecule has 5 fully saturated rings. The van der Waals surface area contributed by atoms with E-state index in [4.69, 9.17) is 47.4 Å². The van der Waals surface area contributed by atoms with Crippen molar-refractivity contribution in [2.24, 2.45) is 0 Å². The van der Waals surface area contributed by atoms with Crippen molar-refractivity contribution in [1.82, 2.24) is 21.3 Å². The lowest BCUT2D eigenvalue weighted by molar-refractivity contribution is -0.402. The molecule has 5 aliphatic rings. The molecule has 0 aliphatic carbocycles. The molecule has 5 heterocycles. The molecule has 114 heavy (non-hydrogen) atoms. The fraction of sp³-hybridized carbons (Fsp3) is 0.895. The Bertz CT molecular complexity index is 2830. The second kappa shape index (κ2) is 51.2. The monoisotopic (exact) mass is 1650 g/mol. The van der Waals surface area contributed by atoms with E-state index in [1.54, 1.807) is 6.08 Å². The van der Waals surface area contributed by atoms with Crippen molar-refractivity contribution in [3.8, 4) is 0 Å². The Balaban J connectivity index is 1.46. The third kappa shape index (κ3) is 29.7. The second-order valence-corrected chi connectivity index (χ2v) is 30.7. The molecule has 2 unspecified atom stereocenters. The summed E-state index contributed by atoms with van der Waals surface area (Å²) in [7, 11) is 0. The number of unbranched alkanes of at least 4 members (excludes halogenated alkanes) is 23. The van der Waals surface area contributed by atoms with Crippen LogP contribution in [-0.2, 0) is 76.1 Å². The minimum absolute atomic E-state index is 0.112. The van der Waals surface area contributed by atoms with Crippen LogP contribution in [0.15, 0.2) is 12.2 Å². The molecular weight excluding hydrogens is 1510 g/mol. The maximum Gasteiger partial charge on any atom is 0.364 e. The lowest BCUT2D eigenvalue weighted by Gasteiger charge is -2.52. The van der Waals surface area contributed by atoms with E-state index in [1.807, 2.05) is 0 Å².